The number of halogens is 3. The zero-order valence-corrected chi connectivity index (χ0v) is 17.1. The second-order valence-corrected chi connectivity index (χ2v) is 7.45. The molecule has 0 spiro atoms. The highest BCUT2D eigenvalue weighted by Gasteiger charge is 2.42. The van der Waals surface area contributed by atoms with Gasteiger partial charge in [0.25, 0.3) is 5.91 Å². The number of nitrogens with zero attached hydrogens (tertiary/aromatic N) is 4. The van der Waals surface area contributed by atoms with Crippen LogP contribution in [0.1, 0.15) is 21.9 Å². The number of rotatable bonds is 5. The highest BCUT2D eigenvalue weighted by Crippen LogP contribution is 2.42. The van der Waals surface area contributed by atoms with Crippen LogP contribution in [0.2, 0.25) is 0 Å². The molecule has 5 rings (SSSR count). The molecule has 4 aromatic rings. The summed E-state index contributed by atoms with van der Waals surface area (Å²) in [5, 5.41) is 6.95. The first-order valence-electron chi connectivity index (χ1n) is 10.1. The largest absolute Gasteiger partial charge is 0.450 e. The molecule has 12 heteroatoms. The fourth-order valence-corrected chi connectivity index (χ4v) is 3.76. The van der Waals surface area contributed by atoms with E-state index in [4.69, 9.17) is 13.9 Å². The summed E-state index contributed by atoms with van der Waals surface area (Å²) in [6.45, 7) is 1.49. The van der Waals surface area contributed by atoms with Crippen LogP contribution in [0.4, 0.5) is 13.2 Å². The summed E-state index contributed by atoms with van der Waals surface area (Å²) in [5.41, 5.74) is -1.17. The lowest BCUT2D eigenvalue weighted by Crippen LogP contribution is -2.32. The van der Waals surface area contributed by atoms with Gasteiger partial charge in [-0.25, -0.2) is 9.97 Å². The fourth-order valence-electron chi connectivity index (χ4n) is 3.76. The molecule has 1 saturated heterocycles. The maximum absolute atomic E-state index is 14.1. The lowest BCUT2D eigenvalue weighted by Gasteiger charge is -2.22. The van der Waals surface area contributed by atoms with Gasteiger partial charge in [0.05, 0.1) is 38.3 Å². The molecule has 0 radical (unpaired) electrons. The van der Waals surface area contributed by atoms with Crippen molar-refractivity contribution in [3.8, 4) is 0 Å². The van der Waals surface area contributed by atoms with E-state index in [2.05, 4.69) is 20.4 Å². The molecule has 3 aromatic heterocycles. The average Bonchev–Trinajstić information content (AvgIpc) is 3.39. The van der Waals surface area contributed by atoms with Gasteiger partial charge in [-0.05, 0) is 18.2 Å². The Kier molecular flexibility index (Phi) is 5.46. The Balaban J connectivity index is 1.53. The van der Waals surface area contributed by atoms with Crippen molar-refractivity contribution >= 4 is 27.8 Å². The molecule has 1 aromatic carbocycles. The number of fused-ring (bicyclic) bond motifs is 3. The summed E-state index contributed by atoms with van der Waals surface area (Å²) in [4.78, 5) is 20.5. The predicted octanol–water partition coefficient (Wildman–Crippen LogP) is 2.94. The van der Waals surface area contributed by atoms with Gasteiger partial charge in [-0.2, -0.15) is 18.3 Å². The van der Waals surface area contributed by atoms with E-state index < -0.39 is 23.4 Å². The summed E-state index contributed by atoms with van der Waals surface area (Å²) in [6.07, 6.45) is -0.536. The normalized spacial score (nSPS) is 17.0. The SMILES string of the molecule is O=C(NCc1ncccn1)c1oc2ccc3cn(C[C@H]4COCCO4)nc3c2c1C(F)(F)F. The van der Waals surface area contributed by atoms with Crippen LogP contribution >= 0.6 is 0 Å². The molecular formula is C21H18F3N5O4. The van der Waals surface area contributed by atoms with Crippen molar-refractivity contribution < 1.29 is 31.9 Å². The molecule has 0 bridgehead atoms. The quantitative estimate of drug-likeness (QED) is 0.487. The maximum Gasteiger partial charge on any atom is 0.421 e. The lowest BCUT2D eigenvalue weighted by atomic mass is 10.1. The Bertz CT molecular complexity index is 1300. The number of carbonyl (C=O) groups excluding carboxylic acids is 1. The Labute approximate surface area is 184 Å². The van der Waals surface area contributed by atoms with Crippen LogP contribution in [0.25, 0.3) is 21.9 Å². The average molecular weight is 461 g/mol. The van der Waals surface area contributed by atoms with Gasteiger partial charge in [0.1, 0.15) is 28.6 Å². The number of amides is 1. The van der Waals surface area contributed by atoms with Gasteiger partial charge in [-0.1, -0.05) is 0 Å². The number of ether oxygens (including phenoxy) is 2. The summed E-state index contributed by atoms with van der Waals surface area (Å²) < 4.78 is 60.2. The van der Waals surface area contributed by atoms with Gasteiger partial charge in [0, 0.05) is 24.0 Å². The van der Waals surface area contributed by atoms with Gasteiger partial charge in [-0.15, -0.1) is 0 Å². The number of carbonyl (C=O) groups is 1. The van der Waals surface area contributed by atoms with E-state index in [0.29, 0.717) is 31.8 Å². The number of alkyl halides is 3. The van der Waals surface area contributed by atoms with Crippen LogP contribution in [0, 0.1) is 0 Å². The van der Waals surface area contributed by atoms with E-state index >= 15 is 0 Å². The number of benzene rings is 1. The summed E-state index contributed by atoms with van der Waals surface area (Å²) in [7, 11) is 0. The van der Waals surface area contributed by atoms with Gasteiger partial charge >= 0.3 is 6.18 Å². The number of hydrogen-bond acceptors (Lipinski definition) is 7. The van der Waals surface area contributed by atoms with Crippen LogP contribution < -0.4 is 5.32 Å². The topological polar surface area (TPSA) is 104 Å². The van der Waals surface area contributed by atoms with Gasteiger partial charge in [-0.3, -0.25) is 9.48 Å². The van der Waals surface area contributed by atoms with E-state index in [1.807, 2.05) is 0 Å². The van der Waals surface area contributed by atoms with Crippen molar-refractivity contribution in [3.05, 3.63) is 53.9 Å². The second kappa shape index (κ2) is 8.45. The van der Waals surface area contributed by atoms with E-state index in [-0.39, 0.29) is 35.0 Å². The molecule has 0 saturated carbocycles. The monoisotopic (exact) mass is 461 g/mol. The zero-order chi connectivity index (χ0) is 23.0. The molecule has 1 aliphatic heterocycles. The van der Waals surface area contributed by atoms with Crippen molar-refractivity contribution in [3.63, 3.8) is 0 Å². The smallest absolute Gasteiger partial charge is 0.421 e. The Morgan fingerprint density at radius 1 is 1.21 bits per heavy atom. The molecule has 1 N–H and O–H groups in total. The predicted molar refractivity (Wildman–Crippen MR) is 108 cm³/mol. The Morgan fingerprint density at radius 3 is 2.76 bits per heavy atom. The van der Waals surface area contributed by atoms with Crippen molar-refractivity contribution in [1.82, 2.24) is 25.1 Å². The van der Waals surface area contributed by atoms with Gasteiger partial charge in [0.15, 0.2) is 0 Å². The van der Waals surface area contributed by atoms with Crippen LogP contribution in [-0.4, -0.2) is 51.6 Å². The van der Waals surface area contributed by atoms with Crippen molar-refractivity contribution in [2.75, 3.05) is 19.8 Å². The molecular weight excluding hydrogens is 443 g/mol. The van der Waals surface area contributed by atoms with Crippen LogP contribution in [-0.2, 0) is 28.7 Å². The third kappa shape index (κ3) is 4.26. The van der Waals surface area contributed by atoms with E-state index in [1.165, 1.54) is 23.1 Å². The Morgan fingerprint density at radius 2 is 2.03 bits per heavy atom. The summed E-state index contributed by atoms with van der Waals surface area (Å²) >= 11 is 0. The molecule has 9 nitrogen and oxygen atoms in total. The number of hydrogen-bond donors (Lipinski definition) is 1. The van der Waals surface area contributed by atoms with Crippen molar-refractivity contribution in [2.24, 2.45) is 0 Å². The molecule has 33 heavy (non-hydrogen) atoms. The second-order valence-electron chi connectivity index (χ2n) is 7.45. The molecule has 1 fully saturated rings. The first kappa shape index (κ1) is 21.3. The summed E-state index contributed by atoms with van der Waals surface area (Å²) in [5.74, 6) is -1.60. The fraction of sp³-hybridized carbons (Fsp3) is 0.333. The first-order chi connectivity index (χ1) is 15.9. The van der Waals surface area contributed by atoms with E-state index in [9.17, 15) is 18.0 Å². The van der Waals surface area contributed by atoms with E-state index in [1.54, 1.807) is 18.3 Å². The minimum atomic E-state index is -4.85. The van der Waals surface area contributed by atoms with Gasteiger partial charge in [0.2, 0.25) is 5.76 Å². The molecule has 0 unspecified atom stereocenters. The third-order valence-electron chi connectivity index (χ3n) is 5.17. The Hall–Kier alpha value is -3.51. The standard InChI is InChI=1S/C21H18F3N5O4/c22-21(23,24)17-16-14(33-19(17)20(30)27-8-15-25-4-1-5-26-15)3-2-12-9-29(28-18(12)16)10-13-11-31-6-7-32-13/h1-5,9,13H,6-8,10-11H2,(H,27,30)/t13-/m0/s1. The molecule has 1 aliphatic rings. The van der Waals surface area contributed by atoms with Gasteiger partial charge < -0.3 is 19.2 Å². The lowest BCUT2D eigenvalue weighted by molar-refractivity contribution is -0.137. The zero-order valence-electron chi connectivity index (χ0n) is 17.1. The van der Waals surface area contributed by atoms with Crippen molar-refractivity contribution in [1.29, 1.82) is 0 Å². The molecule has 4 heterocycles. The number of nitrogens with one attached hydrogen (secondary N) is 1. The number of furan rings is 1. The van der Waals surface area contributed by atoms with Crippen LogP contribution in [0.5, 0.6) is 0 Å². The van der Waals surface area contributed by atoms with Crippen LogP contribution in [0.3, 0.4) is 0 Å². The van der Waals surface area contributed by atoms with Crippen molar-refractivity contribution in [2.45, 2.75) is 25.4 Å². The minimum Gasteiger partial charge on any atom is -0.450 e. The molecule has 172 valence electrons. The van der Waals surface area contributed by atoms with E-state index in [0.717, 1.165) is 0 Å². The molecule has 0 aliphatic carbocycles. The first-order valence-corrected chi connectivity index (χ1v) is 10.1. The highest BCUT2D eigenvalue weighted by atomic mass is 19.4. The summed E-state index contributed by atoms with van der Waals surface area (Å²) in [6, 6.07) is 4.59. The highest BCUT2D eigenvalue weighted by molar-refractivity contribution is 6.09. The minimum absolute atomic E-state index is 0.0848. The number of aromatic nitrogens is 4. The maximum atomic E-state index is 14.1. The third-order valence-corrected chi connectivity index (χ3v) is 5.17. The molecule has 1 amide bonds. The van der Waals surface area contributed by atoms with Crippen LogP contribution in [0.15, 0.2) is 41.2 Å². The molecule has 1 atom stereocenters.